The summed E-state index contributed by atoms with van der Waals surface area (Å²) >= 11 is 1.57. The van der Waals surface area contributed by atoms with Crippen molar-refractivity contribution in [1.82, 2.24) is 4.98 Å². The Hall–Kier alpha value is -2.33. The van der Waals surface area contributed by atoms with Gasteiger partial charge in [-0.05, 0) is 23.3 Å². The zero-order valence-electron chi connectivity index (χ0n) is 10.7. The third kappa shape index (κ3) is 2.81. The van der Waals surface area contributed by atoms with Crippen LogP contribution in [0.3, 0.4) is 0 Å². The van der Waals surface area contributed by atoms with Gasteiger partial charge < -0.3 is 10.4 Å². The van der Waals surface area contributed by atoms with E-state index in [4.69, 9.17) is 0 Å². The number of nitrogens with zero attached hydrogens (tertiary/aromatic N) is 1. The van der Waals surface area contributed by atoms with Crippen LogP contribution in [-0.4, -0.2) is 10.1 Å². The number of aromatic nitrogens is 1. The van der Waals surface area contributed by atoms with E-state index >= 15 is 0 Å². The second-order valence-corrected chi connectivity index (χ2v) is 5.31. The molecule has 20 heavy (non-hydrogen) atoms. The van der Waals surface area contributed by atoms with Crippen LogP contribution < -0.4 is 5.32 Å². The van der Waals surface area contributed by atoms with E-state index < -0.39 is 0 Å². The molecule has 2 aromatic carbocycles. The van der Waals surface area contributed by atoms with Crippen molar-refractivity contribution in [3.8, 4) is 5.75 Å². The van der Waals surface area contributed by atoms with E-state index in [2.05, 4.69) is 22.4 Å². The van der Waals surface area contributed by atoms with Gasteiger partial charge in [0.1, 0.15) is 5.75 Å². The third-order valence-electron chi connectivity index (χ3n) is 3.06. The Balaban J connectivity index is 1.97. The van der Waals surface area contributed by atoms with E-state index in [-0.39, 0.29) is 11.8 Å². The molecule has 3 aromatic rings. The Morgan fingerprint density at radius 2 is 1.65 bits per heavy atom. The fraction of sp³-hybridized carbons (Fsp3) is 0.0625. The summed E-state index contributed by atoms with van der Waals surface area (Å²) in [5, 5.41) is 15.7. The zero-order chi connectivity index (χ0) is 13.8. The summed E-state index contributed by atoms with van der Waals surface area (Å²) in [6.07, 6.45) is 1.78. The van der Waals surface area contributed by atoms with Gasteiger partial charge in [-0.15, -0.1) is 11.3 Å². The summed E-state index contributed by atoms with van der Waals surface area (Å²) in [4.78, 5) is 4.28. The summed E-state index contributed by atoms with van der Waals surface area (Å²) in [7, 11) is 0. The molecule has 0 bridgehead atoms. The molecule has 0 aliphatic rings. The number of hydrogen-bond acceptors (Lipinski definition) is 4. The van der Waals surface area contributed by atoms with Crippen LogP contribution in [0.2, 0.25) is 0 Å². The van der Waals surface area contributed by atoms with Gasteiger partial charge in [0.15, 0.2) is 5.13 Å². The number of thiazole rings is 1. The first kappa shape index (κ1) is 12.7. The first-order valence-electron chi connectivity index (χ1n) is 6.33. The number of aromatic hydroxyl groups is 1. The highest BCUT2D eigenvalue weighted by atomic mass is 32.1. The standard InChI is InChI=1S/C16H14N2OS/c19-14-8-6-13(7-9-14)15(12-4-2-1-3-5-12)18-16-17-10-11-20-16/h1-11,15,19H,(H,17,18). The molecule has 100 valence electrons. The number of anilines is 1. The predicted molar refractivity (Wildman–Crippen MR) is 82.1 cm³/mol. The molecule has 0 saturated heterocycles. The first-order valence-corrected chi connectivity index (χ1v) is 7.21. The van der Waals surface area contributed by atoms with Crippen LogP contribution in [0.4, 0.5) is 5.13 Å². The van der Waals surface area contributed by atoms with Crippen LogP contribution in [-0.2, 0) is 0 Å². The first-order chi connectivity index (χ1) is 9.83. The lowest BCUT2D eigenvalue weighted by atomic mass is 9.99. The van der Waals surface area contributed by atoms with Crippen molar-refractivity contribution in [2.75, 3.05) is 5.32 Å². The fourth-order valence-corrected chi connectivity index (χ4v) is 2.65. The number of phenolic OH excluding ortho intramolecular Hbond substituents is 1. The van der Waals surface area contributed by atoms with E-state index in [0.717, 1.165) is 16.3 Å². The molecule has 0 amide bonds. The minimum atomic E-state index is 0.0166. The van der Waals surface area contributed by atoms with Gasteiger partial charge in [-0.3, -0.25) is 0 Å². The molecule has 0 fully saturated rings. The minimum Gasteiger partial charge on any atom is -0.508 e. The summed E-state index contributed by atoms with van der Waals surface area (Å²) in [6.45, 7) is 0. The van der Waals surface area contributed by atoms with Gasteiger partial charge in [0.05, 0.1) is 6.04 Å². The second kappa shape index (κ2) is 5.75. The lowest BCUT2D eigenvalue weighted by Gasteiger charge is -2.19. The van der Waals surface area contributed by atoms with Crippen LogP contribution >= 0.6 is 11.3 Å². The minimum absolute atomic E-state index is 0.0166. The van der Waals surface area contributed by atoms with Crippen LogP contribution in [0.5, 0.6) is 5.75 Å². The quantitative estimate of drug-likeness (QED) is 0.758. The van der Waals surface area contributed by atoms with Crippen LogP contribution in [0, 0.1) is 0 Å². The molecule has 1 atom stereocenters. The van der Waals surface area contributed by atoms with Gasteiger partial charge in [0.25, 0.3) is 0 Å². The molecule has 0 saturated carbocycles. The lowest BCUT2D eigenvalue weighted by molar-refractivity contribution is 0.475. The van der Waals surface area contributed by atoms with Crippen molar-refractivity contribution >= 4 is 16.5 Å². The highest BCUT2D eigenvalue weighted by Crippen LogP contribution is 2.28. The molecule has 0 aliphatic heterocycles. The number of phenols is 1. The molecule has 3 rings (SSSR count). The van der Waals surface area contributed by atoms with Gasteiger partial charge in [-0.1, -0.05) is 42.5 Å². The van der Waals surface area contributed by atoms with Gasteiger partial charge >= 0.3 is 0 Å². The summed E-state index contributed by atoms with van der Waals surface area (Å²) < 4.78 is 0. The third-order valence-corrected chi connectivity index (χ3v) is 3.76. The van der Waals surface area contributed by atoms with Crippen molar-refractivity contribution in [3.63, 3.8) is 0 Å². The number of hydrogen-bond donors (Lipinski definition) is 2. The predicted octanol–water partition coefficient (Wildman–Crippen LogP) is 4.05. The molecule has 4 heteroatoms. The maximum absolute atomic E-state index is 9.44. The second-order valence-electron chi connectivity index (χ2n) is 4.42. The highest BCUT2D eigenvalue weighted by Gasteiger charge is 2.14. The molecule has 2 N–H and O–H groups in total. The monoisotopic (exact) mass is 282 g/mol. The maximum Gasteiger partial charge on any atom is 0.183 e. The van der Waals surface area contributed by atoms with Gasteiger partial charge in [0.2, 0.25) is 0 Å². The van der Waals surface area contributed by atoms with Crippen molar-refractivity contribution in [2.24, 2.45) is 0 Å². The van der Waals surface area contributed by atoms with E-state index in [9.17, 15) is 5.11 Å². The van der Waals surface area contributed by atoms with Gasteiger partial charge in [0, 0.05) is 11.6 Å². The van der Waals surface area contributed by atoms with Crippen molar-refractivity contribution < 1.29 is 5.11 Å². The van der Waals surface area contributed by atoms with E-state index in [1.807, 2.05) is 35.7 Å². The molecule has 0 aliphatic carbocycles. The molecular weight excluding hydrogens is 268 g/mol. The maximum atomic E-state index is 9.44. The number of nitrogens with one attached hydrogen (secondary N) is 1. The van der Waals surface area contributed by atoms with Crippen molar-refractivity contribution in [1.29, 1.82) is 0 Å². The van der Waals surface area contributed by atoms with E-state index in [1.165, 1.54) is 0 Å². The summed E-state index contributed by atoms with van der Waals surface area (Å²) in [5.74, 6) is 0.273. The van der Waals surface area contributed by atoms with Crippen LogP contribution in [0.25, 0.3) is 0 Å². The number of benzene rings is 2. The Labute approximate surface area is 121 Å². The van der Waals surface area contributed by atoms with Crippen LogP contribution in [0.1, 0.15) is 17.2 Å². The Bertz CT molecular complexity index is 651. The Kier molecular flexibility index (Phi) is 3.65. The Morgan fingerprint density at radius 3 is 2.30 bits per heavy atom. The molecule has 1 unspecified atom stereocenters. The Morgan fingerprint density at radius 1 is 0.950 bits per heavy atom. The molecule has 1 heterocycles. The molecular formula is C16H14N2OS. The summed E-state index contributed by atoms with van der Waals surface area (Å²) in [5.41, 5.74) is 2.25. The highest BCUT2D eigenvalue weighted by molar-refractivity contribution is 7.13. The van der Waals surface area contributed by atoms with Gasteiger partial charge in [-0.2, -0.15) is 0 Å². The van der Waals surface area contributed by atoms with Crippen LogP contribution in [0.15, 0.2) is 66.2 Å². The normalized spacial score (nSPS) is 12.0. The molecule has 3 nitrogen and oxygen atoms in total. The topological polar surface area (TPSA) is 45.1 Å². The lowest BCUT2D eigenvalue weighted by Crippen LogP contribution is -2.11. The zero-order valence-corrected chi connectivity index (χ0v) is 11.5. The smallest absolute Gasteiger partial charge is 0.183 e. The summed E-state index contributed by atoms with van der Waals surface area (Å²) in [6, 6.07) is 17.5. The van der Waals surface area contributed by atoms with Gasteiger partial charge in [-0.25, -0.2) is 4.98 Å². The van der Waals surface area contributed by atoms with Crippen molar-refractivity contribution in [2.45, 2.75) is 6.04 Å². The largest absolute Gasteiger partial charge is 0.508 e. The average molecular weight is 282 g/mol. The molecule has 0 spiro atoms. The fourth-order valence-electron chi connectivity index (χ4n) is 2.09. The average Bonchev–Trinajstić information content (AvgIpc) is 3.00. The molecule has 1 aromatic heterocycles. The molecule has 0 radical (unpaired) electrons. The van der Waals surface area contributed by atoms with E-state index in [1.54, 1.807) is 29.7 Å². The van der Waals surface area contributed by atoms with E-state index in [0.29, 0.717) is 0 Å². The SMILES string of the molecule is Oc1ccc(C(Nc2nccs2)c2ccccc2)cc1. The van der Waals surface area contributed by atoms with Crippen molar-refractivity contribution in [3.05, 3.63) is 77.3 Å². The number of rotatable bonds is 4.